The summed E-state index contributed by atoms with van der Waals surface area (Å²) in [7, 11) is 0. The molecule has 2 aliphatic heterocycles. The molecule has 2 heterocycles. The fourth-order valence-electron chi connectivity index (χ4n) is 3.29. The van der Waals surface area contributed by atoms with Gasteiger partial charge in [0.05, 0.1) is 0 Å². The Bertz CT molecular complexity index is 582. The van der Waals surface area contributed by atoms with Crippen LogP contribution in [0.15, 0.2) is 24.3 Å². The quantitative estimate of drug-likeness (QED) is 0.906. The maximum absolute atomic E-state index is 12.6. The van der Waals surface area contributed by atoms with Crippen LogP contribution in [0.1, 0.15) is 24.3 Å². The van der Waals surface area contributed by atoms with Crippen LogP contribution in [0.2, 0.25) is 0 Å². The first-order valence-electron chi connectivity index (χ1n) is 7.63. The third-order valence-corrected chi connectivity index (χ3v) is 4.63. The van der Waals surface area contributed by atoms with Gasteiger partial charge in [0.25, 0.3) is 0 Å². The molecule has 3 rings (SSSR count). The van der Waals surface area contributed by atoms with E-state index in [9.17, 15) is 23.1 Å². The zero-order valence-electron chi connectivity index (χ0n) is 12.4. The molecule has 1 aromatic carbocycles. The van der Waals surface area contributed by atoms with E-state index < -0.39 is 24.1 Å². The lowest BCUT2D eigenvalue weighted by atomic mass is 9.89. The second-order valence-corrected chi connectivity index (χ2v) is 6.05. The van der Waals surface area contributed by atoms with E-state index in [1.807, 2.05) is 18.2 Å². The number of aliphatic hydroxyl groups is 1. The number of rotatable bonds is 2. The number of hydrogen-bond acceptors (Lipinski definition) is 3. The summed E-state index contributed by atoms with van der Waals surface area (Å²) in [6, 6.07) is 7.30. The van der Waals surface area contributed by atoms with Crippen molar-refractivity contribution in [2.24, 2.45) is 5.92 Å². The van der Waals surface area contributed by atoms with Gasteiger partial charge < -0.3 is 14.7 Å². The average molecular weight is 329 g/mol. The predicted molar refractivity (Wildman–Crippen MR) is 76.0 cm³/mol. The molecule has 0 radical (unpaired) electrons. The van der Waals surface area contributed by atoms with Gasteiger partial charge in [-0.1, -0.05) is 18.2 Å². The molecule has 1 amide bonds. The van der Waals surface area contributed by atoms with Crippen LogP contribution in [-0.2, 0) is 4.79 Å². The molecule has 0 bridgehead atoms. The highest BCUT2D eigenvalue weighted by molar-refractivity contribution is 5.85. The van der Waals surface area contributed by atoms with E-state index in [2.05, 4.69) is 0 Å². The maximum atomic E-state index is 12.6. The molecule has 2 unspecified atom stereocenters. The predicted octanol–water partition coefficient (Wildman–Crippen LogP) is 2.32. The molecule has 7 heteroatoms. The van der Waals surface area contributed by atoms with Crippen molar-refractivity contribution in [2.75, 3.05) is 19.7 Å². The van der Waals surface area contributed by atoms with Gasteiger partial charge in [0.15, 0.2) is 6.10 Å². The normalized spacial score (nSPS) is 23.3. The average Bonchev–Trinajstić information content (AvgIpc) is 2.97. The molecule has 1 aromatic rings. The van der Waals surface area contributed by atoms with Crippen molar-refractivity contribution in [3.05, 3.63) is 29.8 Å². The Morgan fingerprint density at radius 1 is 1.26 bits per heavy atom. The Labute approximate surface area is 131 Å². The first-order valence-corrected chi connectivity index (χ1v) is 7.63. The van der Waals surface area contributed by atoms with Crippen LogP contribution in [0.5, 0.6) is 5.75 Å². The van der Waals surface area contributed by atoms with Gasteiger partial charge in [-0.3, -0.25) is 4.79 Å². The number of benzene rings is 1. The molecule has 0 aromatic heterocycles. The highest BCUT2D eigenvalue weighted by Gasteiger charge is 2.45. The van der Waals surface area contributed by atoms with Gasteiger partial charge in [-0.25, -0.2) is 0 Å². The number of para-hydroxylation sites is 1. The summed E-state index contributed by atoms with van der Waals surface area (Å²) < 4.78 is 43.2. The summed E-state index contributed by atoms with van der Waals surface area (Å²) >= 11 is 0. The van der Waals surface area contributed by atoms with Crippen LogP contribution in [0, 0.1) is 5.92 Å². The Morgan fingerprint density at radius 3 is 2.57 bits per heavy atom. The van der Waals surface area contributed by atoms with Gasteiger partial charge in [0.2, 0.25) is 5.91 Å². The van der Waals surface area contributed by atoms with Crippen molar-refractivity contribution in [3.63, 3.8) is 0 Å². The molecule has 126 valence electrons. The lowest BCUT2D eigenvalue weighted by Crippen LogP contribution is -2.46. The lowest BCUT2D eigenvalue weighted by molar-refractivity contribution is -0.223. The van der Waals surface area contributed by atoms with Crippen molar-refractivity contribution in [2.45, 2.75) is 31.0 Å². The van der Waals surface area contributed by atoms with E-state index in [0.717, 1.165) is 5.56 Å². The highest BCUT2D eigenvalue weighted by atomic mass is 19.4. The number of likely N-dealkylation sites (tertiary alicyclic amines) is 1. The zero-order chi connectivity index (χ0) is 16.6. The second-order valence-electron chi connectivity index (χ2n) is 6.05. The van der Waals surface area contributed by atoms with Crippen LogP contribution in [0.4, 0.5) is 13.2 Å². The van der Waals surface area contributed by atoms with E-state index in [-0.39, 0.29) is 38.4 Å². The van der Waals surface area contributed by atoms with Crippen LogP contribution in [0.3, 0.4) is 0 Å². The third kappa shape index (κ3) is 3.15. The molecular formula is C16H18F3NO3. The third-order valence-electron chi connectivity index (χ3n) is 4.63. The molecule has 1 N–H and O–H groups in total. The Morgan fingerprint density at radius 2 is 1.91 bits per heavy atom. The molecule has 23 heavy (non-hydrogen) atoms. The fraction of sp³-hybridized carbons (Fsp3) is 0.562. The van der Waals surface area contributed by atoms with Crippen molar-refractivity contribution in [1.29, 1.82) is 0 Å². The SMILES string of the molecule is O=C(C1COc2ccccc21)N1CCC(C(O)C(F)(F)F)CC1. The fourth-order valence-corrected chi connectivity index (χ4v) is 3.29. The Hall–Kier alpha value is -1.76. The van der Waals surface area contributed by atoms with E-state index in [4.69, 9.17) is 4.74 Å². The summed E-state index contributed by atoms with van der Waals surface area (Å²) in [5, 5.41) is 9.33. The van der Waals surface area contributed by atoms with Crippen LogP contribution < -0.4 is 4.74 Å². The van der Waals surface area contributed by atoms with E-state index in [0.29, 0.717) is 5.75 Å². The number of aliphatic hydroxyl groups excluding tert-OH is 1. The van der Waals surface area contributed by atoms with E-state index >= 15 is 0 Å². The van der Waals surface area contributed by atoms with Crippen LogP contribution in [-0.4, -0.2) is 47.9 Å². The summed E-state index contributed by atoms with van der Waals surface area (Å²) in [5.74, 6) is -0.662. The molecular weight excluding hydrogens is 311 g/mol. The largest absolute Gasteiger partial charge is 0.492 e. The Balaban J connectivity index is 1.62. The van der Waals surface area contributed by atoms with Crippen LogP contribution >= 0.6 is 0 Å². The topological polar surface area (TPSA) is 49.8 Å². The van der Waals surface area contributed by atoms with E-state index in [1.165, 1.54) is 0 Å². The van der Waals surface area contributed by atoms with Gasteiger partial charge in [0.1, 0.15) is 18.3 Å². The number of amides is 1. The monoisotopic (exact) mass is 329 g/mol. The zero-order valence-corrected chi connectivity index (χ0v) is 12.4. The molecule has 1 saturated heterocycles. The van der Waals surface area contributed by atoms with Crippen LogP contribution in [0.25, 0.3) is 0 Å². The molecule has 4 nitrogen and oxygen atoms in total. The summed E-state index contributed by atoms with van der Waals surface area (Å²) in [4.78, 5) is 14.2. The second kappa shape index (κ2) is 6.03. The van der Waals surface area contributed by atoms with Gasteiger partial charge in [-0.05, 0) is 24.8 Å². The van der Waals surface area contributed by atoms with Gasteiger partial charge in [-0.15, -0.1) is 0 Å². The standard InChI is InChI=1S/C16H18F3NO3/c17-16(18,19)14(21)10-5-7-20(8-6-10)15(22)12-9-23-13-4-2-1-3-11(12)13/h1-4,10,12,14,21H,5-9H2. The van der Waals surface area contributed by atoms with Crippen molar-refractivity contribution in [1.82, 2.24) is 4.90 Å². The molecule has 0 saturated carbocycles. The minimum atomic E-state index is -4.60. The minimum Gasteiger partial charge on any atom is -0.492 e. The first-order chi connectivity index (χ1) is 10.9. The smallest absolute Gasteiger partial charge is 0.414 e. The summed E-state index contributed by atoms with van der Waals surface area (Å²) in [6.45, 7) is 0.730. The van der Waals surface area contributed by atoms with E-state index in [1.54, 1.807) is 11.0 Å². The van der Waals surface area contributed by atoms with Crippen molar-refractivity contribution < 1.29 is 27.8 Å². The number of fused-ring (bicyclic) bond motifs is 1. The minimum absolute atomic E-state index is 0.116. The molecule has 0 spiro atoms. The number of nitrogens with zero attached hydrogens (tertiary/aromatic N) is 1. The Kier molecular flexibility index (Phi) is 4.23. The highest BCUT2D eigenvalue weighted by Crippen LogP contribution is 2.36. The lowest BCUT2D eigenvalue weighted by Gasteiger charge is -2.35. The van der Waals surface area contributed by atoms with Gasteiger partial charge >= 0.3 is 6.18 Å². The van der Waals surface area contributed by atoms with Crippen molar-refractivity contribution >= 4 is 5.91 Å². The number of hydrogen-bond donors (Lipinski definition) is 1. The summed E-state index contributed by atoms with van der Waals surface area (Å²) in [6.07, 6.45) is -6.60. The molecule has 2 aliphatic rings. The number of carbonyl (C=O) groups excluding carboxylic acids is 1. The first kappa shape index (κ1) is 16.1. The van der Waals surface area contributed by atoms with Gasteiger partial charge in [0, 0.05) is 18.7 Å². The molecule has 0 aliphatic carbocycles. The molecule has 2 atom stereocenters. The maximum Gasteiger partial charge on any atom is 0.414 e. The van der Waals surface area contributed by atoms with Crippen molar-refractivity contribution in [3.8, 4) is 5.75 Å². The summed E-state index contributed by atoms with van der Waals surface area (Å²) in [5.41, 5.74) is 0.829. The number of halogens is 3. The molecule has 1 fully saturated rings. The number of piperidine rings is 1. The van der Waals surface area contributed by atoms with Gasteiger partial charge in [-0.2, -0.15) is 13.2 Å². The number of alkyl halides is 3. The number of carbonyl (C=O) groups is 1. The number of ether oxygens (including phenoxy) is 1.